The van der Waals surface area contributed by atoms with Crippen molar-refractivity contribution in [3.63, 3.8) is 0 Å². The maximum atomic E-state index is 14.4. The van der Waals surface area contributed by atoms with Crippen LogP contribution in [0.3, 0.4) is 0 Å². The summed E-state index contributed by atoms with van der Waals surface area (Å²) in [6.07, 6.45) is 0. The molecular weight excluding hydrogens is 711 g/mol. The molecule has 11 rings (SSSR count). The second kappa shape index (κ2) is 13.7. The van der Waals surface area contributed by atoms with Gasteiger partial charge in [0.15, 0.2) is 5.82 Å². The molecule has 0 fully saturated rings. The Hall–Kier alpha value is -7.89. The van der Waals surface area contributed by atoms with E-state index in [-0.39, 0.29) is 5.43 Å². The molecule has 8 aromatic carbocycles. The molecule has 0 saturated carbocycles. The minimum atomic E-state index is -0.100. The monoisotopic (exact) mass is 743 g/mol. The number of benzene rings is 8. The molecule has 0 aliphatic rings. The molecule has 5 nitrogen and oxygen atoms in total. The second-order valence-corrected chi connectivity index (χ2v) is 14.5. The normalized spacial score (nSPS) is 11.5. The molecule has 11 aromatic rings. The van der Waals surface area contributed by atoms with E-state index < -0.39 is 0 Å². The van der Waals surface area contributed by atoms with Crippen LogP contribution in [-0.2, 0) is 0 Å². The van der Waals surface area contributed by atoms with E-state index in [0.717, 1.165) is 72.3 Å². The van der Waals surface area contributed by atoms with E-state index in [2.05, 4.69) is 89.5 Å². The first-order valence-electron chi connectivity index (χ1n) is 19.4. The summed E-state index contributed by atoms with van der Waals surface area (Å²) in [6, 6.07) is 67.8. The Kier molecular flexibility index (Phi) is 7.90. The third-order valence-electron chi connectivity index (χ3n) is 11.0. The highest BCUT2D eigenvalue weighted by molar-refractivity contribution is 6.12. The molecule has 0 aliphatic heterocycles. The largest absolute Gasteiger partial charge is 0.454 e. The van der Waals surface area contributed by atoms with E-state index in [1.807, 2.05) is 115 Å². The average molecular weight is 744 g/mol. The van der Waals surface area contributed by atoms with Crippen molar-refractivity contribution in [1.82, 2.24) is 14.5 Å². The number of fused-ring (bicyclic) bond motifs is 5. The third kappa shape index (κ3) is 5.60. The molecule has 0 atom stereocenters. The summed E-state index contributed by atoms with van der Waals surface area (Å²) in [6.45, 7) is 0. The molecule has 0 unspecified atom stereocenters. The fraction of sp³-hybridized carbons (Fsp3) is 0. The second-order valence-electron chi connectivity index (χ2n) is 14.5. The summed E-state index contributed by atoms with van der Waals surface area (Å²) in [5.41, 5.74) is 12.4. The molecule has 3 heterocycles. The minimum Gasteiger partial charge on any atom is -0.454 e. The summed E-state index contributed by atoms with van der Waals surface area (Å²) < 4.78 is 9.27. The summed E-state index contributed by atoms with van der Waals surface area (Å²) in [5.74, 6) is 0.482. The van der Waals surface area contributed by atoms with Gasteiger partial charge < -0.3 is 8.98 Å². The van der Waals surface area contributed by atoms with E-state index in [4.69, 9.17) is 14.4 Å². The van der Waals surface area contributed by atoms with Gasteiger partial charge in [0.25, 0.3) is 0 Å². The topological polar surface area (TPSA) is 60.9 Å². The van der Waals surface area contributed by atoms with Crippen LogP contribution in [0.1, 0.15) is 0 Å². The number of rotatable bonds is 6. The highest BCUT2D eigenvalue weighted by Crippen LogP contribution is 2.40. The van der Waals surface area contributed by atoms with Gasteiger partial charge in [-0.15, -0.1) is 0 Å². The summed E-state index contributed by atoms with van der Waals surface area (Å²) in [7, 11) is 0. The van der Waals surface area contributed by atoms with Gasteiger partial charge in [0.2, 0.25) is 5.43 Å². The molecule has 0 spiro atoms. The van der Waals surface area contributed by atoms with Gasteiger partial charge in [0.1, 0.15) is 11.2 Å². The Labute approximate surface area is 333 Å². The molecule has 3 aromatic heterocycles. The Balaban J connectivity index is 1.14. The van der Waals surface area contributed by atoms with Gasteiger partial charge in [-0.3, -0.25) is 4.79 Å². The van der Waals surface area contributed by atoms with Gasteiger partial charge in [-0.25, -0.2) is 9.97 Å². The predicted octanol–water partition coefficient (Wildman–Crippen LogP) is 13.2. The molecule has 0 amide bonds. The smallest absolute Gasteiger partial charge is 0.200 e. The van der Waals surface area contributed by atoms with Gasteiger partial charge in [0.05, 0.1) is 38.8 Å². The van der Waals surface area contributed by atoms with Crippen molar-refractivity contribution in [2.75, 3.05) is 0 Å². The molecular formula is C53H33N3O2. The summed E-state index contributed by atoms with van der Waals surface area (Å²) >= 11 is 0. The van der Waals surface area contributed by atoms with Crippen molar-refractivity contribution in [3.05, 3.63) is 210 Å². The van der Waals surface area contributed by atoms with Crippen LogP contribution in [0.15, 0.2) is 209 Å². The molecule has 58 heavy (non-hydrogen) atoms. The summed E-state index contributed by atoms with van der Waals surface area (Å²) in [5, 5.41) is 3.24. The van der Waals surface area contributed by atoms with Gasteiger partial charge in [-0.2, -0.15) is 0 Å². The average Bonchev–Trinajstić information content (AvgIpc) is 3.63. The van der Waals surface area contributed by atoms with E-state index in [9.17, 15) is 4.79 Å². The van der Waals surface area contributed by atoms with E-state index in [1.54, 1.807) is 0 Å². The first-order chi connectivity index (χ1) is 28.7. The standard InChI is InChI=1S/C53H33N3O2/c57-50-41-24-13-23-40(38-28-30-49-45(32-38)44-31-37(34-15-5-1-6-16-34)27-29-48(44)56(49)39-21-11-4-12-22-39)51(41)58-52-42(50)25-14-26-43(52)53-54-46(35-17-7-2-8-18-35)33-47(55-53)36-19-9-3-10-20-36/h1-33H. The molecule has 0 N–H and O–H groups in total. The number of hydrogen-bond donors (Lipinski definition) is 0. The van der Waals surface area contributed by atoms with E-state index >= 15 is 0 Å². The predicted molar refractivity (Wildman–Crippen MR) is 237 cm³/mol. The zero-order chi connectivity index (χ0) is 38.6. The Bertz CT molecular complexity index is 3340. The lowest BCUT2D eigenvalue weighted by Crippen LogP contribution is -2.04. The van der Waals surface area contributed by atoms with Crippen LogP contribution in [0, 0.1) is 0 Å². The quantitative estimate of drug-likeness (QED) is 0.159. The Morgan fingerprint density at radius 2 is 0.862 bits per heavy atom. The van der Waals surface area contributed by atoms with Crippen molar-refractivity contribution >= 4 is 43.7 Å². The van der Waals surface area contributed by atoms with Crippen LogP contribution in [-0.4, -0.2) is 14.5 Å². The van der Waals surface area contributed by atoms with Crippen molar-refractivity contribution in [1.29, 1.82) is 0 Å². The van der Waals surface area contributed by atoms with Gasteiger partial charge in [-0.1, -0.05) is 140 Å². The molecule has 0 saturated heterocycles. The highest BCUT2D eigenvalue weighted by atomic mass is 16.3. The SMILES string of the molecule is O=c1c2cccc(-c3ccc4c(c3)c3cc(-c5ccccc5)ccc3n4-c3ccccc3)c2oc2c(-c3nc(-c4ccccc4)cc(-c4ccccc4)n3)cccc12. The minimum absolute atomic E-state index is 0.100. The first kappa shape index (κ1) is 33.4. The zero-order valence-corrected chi connectivity index (χ0v) is 31.2. The molecule has 0 aliphatic carbocycles. The van der Waals surface area contributed by atoms with Crippen LogP contribution < -0.4 is 5.43 Å². The molecule has 272 valence electrons. The lowest BCUT2D eigenvalue weighted by Gasteiger charge is -2.12. The third-order valence-corrected chi connectivity index (χ3v) is 11.0. The van der Waals surface area contributed by atoms with Gasteiger partial charge in [0, 0.05) is 33.2 Å². The highest BCUT2D eigenvalue weighted by Gasteiger charge is 2.20. The van der Waals surface area contributed by atoms with Crippen molar-refractivity contribution in [2.24, 2.45) is 0 Å². The number of nitrogens with zero attached hydrogens (tertiary/aromatic N) is 3. The zero-order valence-electron chi connectivity index (χ0n) is 31.2. The fourth-order valence-electron chi connectivity index (χ4n) is 8.24. The molecule has 5 heteroatoms. The maximum Gasteiger partial charge on any atom is 0.200 e. The van der Waals surface area contributed by atoms with Crippen LogP contribution in [0.2, 0.25) is 0 Å². The molecule has 0 bridgehead atoms. The van der Waals surface area contributed by atoms with Gasteiger partial charge >= 0.3 is 0 Å². The number of aromatic nitrogens is 3. The first-order valence-corrected chi connectivity index (χ1v) is 19.4. The molecule has 0 radical (unpaired) electrons. The number of para-hydroxylation sites is 3. The van der Waals surface area contributed by atoms with Crippen LogP contribution in [0.25, 0.3) is 106 Å². The summed E-state index contributed by atoms with van der Waals surface area (Å²) in [4.78, 5) is 24.6. The van der Waals surface area contributed by atoms with Crippen LogP contribution in [0.4, 0.5) is 0 Å². The Morgan fingerprint density at radius 3 is 1.45 bits per heavy atom. The Morgan fingerprint density at radius 1 is 0.379 bits per heavy atom. The van der Waals surface area contributed by atoms with Crippen LogP contribution >= 0.6 is 0 Å². The van der Waals surface area contributed by atoms with E-state index in [0.29, 0.717) is 33.3 Å². The fourth-order valence-corrected chi connectivity index (χ4v) is 8.24. The van der Waals surface area contributed by atoms with Gasteiger partial charge in [-0.05, 0) is 77.4 Å². The maximum absolute atomic E-state index is 14.4. The van der Waals surface area contributed by atoms with Crippen molar-refractivity contribution < 1.29 is 4.42 Å². The number of hydrogen-bond acceptors (Lipinski definition) is 4. The lowest BCUT2D eigenvalue weighted by molar-refractivity contribution is 0.661. The van der Waals surface area contributed by atoms with Crippen molar-refractivity contribution in [2.45, 2.75) is 0 Å². The van der Waals surface area contributed by atoms with E-state index in [1.165, 1.54) is 0 Å². The van der Waals surface area contributed by atoms with Crippen molar-refractivity contribution in [3.8, 4) is 61.8 Å². The lowest BCUT2D eigenvalue weighted by atomic mass is 9.98. The van der Waals surface area contributed by atoms with Crippen LogP contribution in [0.5, 0.6) is 0 Å².